The van der Waals surface area contributed by atoms with Crippen LogP contribution in [0.3, 0.4) is 0 Å². The highest BCUT2D eigenvalue weighted by Crippen LogP contribution is 2.33. The van der Waals surface area contributed by atoms with Crippen LogP contribution in [0.15, 0.2) is 35.1 Å². The summed E-state index contributed by atoms with van der Waals surface area (Å²) in [6.07, 6.45) is 1.03. The quantitative estimate of drug-likeness (QED) is 0.903. The SMILES string of the molecule is Cc1ccc(CNC(=O)c2cc3c([nH]c2=O)CC(C)(C)CC3=O)cc1. The van der Waals surface area contributed by atoms with E-state index in [0.717, 1.165) is 11.1 Å². The fourth-order valence-electron chi connectivity index (χ4n) is 3.18. The van der Waals surface area contributed by atoms with Gasteiger partial charge in [0, 0.05) is 24.2 Å². The molecule has 2 N–H and O–H groups in total. The second-order valence-corrected chi connectivity index (χ2v) is 7.51. The van der Waals surface area contributed by atoms with Crippen molar-refractivity contribution >= 4 is 11.7 Å². The molecule has 5 nitrogen and oxygen atoms in total. The third-order valence-electron chi connectivity index (χ3n) is 4.54. The van der Waals surface area contributed by atoms with E-state index in [1.165, 1.54) is 6.07 Å². The summed E-state index contributed by atoms with van der Waals surface area (Å²) in [6, 6.07) is 9.23. The Kier molecular flexibility index (Phi) is 4.33. The fraction of sp³-hybridized carbons (Fsp3) is 0.350. The molecule has 0 bridgehead atoms. The third-order valence-corrected chi connectivity index (χ3v) is 4.54. The number of H-pyrrole nitrogens is 1. The zero-order valence-corrected chi connectivity index (χ0v) is 14.7. The average Bonchev–Trinajstić information content (AvgIpc) is 2.52. The first-order chi connectivity index (χ1) is 11.7. The number of amides is 1. The van der Waals surface area contributed by atoms with E-state index in [1.807, 2.05) is 45.0 Å². The second kappa shape index (κ2) is 6.31. The Labute approximate surface area is 146 Å². The Hall–Kier alpha value is -2.69. The number of fused-ring (bicyclic) bond motifs is 1. The summed E-state index contributed by atoms with van der Waals surface area (Å²) in [6.45, 7) is 6.31. The van der Waals surface area contributed by atoms with Gasteiger partial charge in [-0.3, -0.25) is 14.4 Å². The number of pyridine rings is 1. The lowest BCUT2D eigenvalue weighted by Crippen LogP contribution is -2.34. The highest BCUT2D eigenvalue weighted by Gasteiger charge is 2.32. The molecule has 5 heteroatoms. The molecule has 25 heavy (non-hydrogen) atoms. The Bertz CT molecular complexity index is 892. The minimum atomic E-state index is -0.470. The van der Waals surface area contributed by atoms with E-state index in [0.29, 0.717) is 30.6 Å². The number of carbonyl (C=O) groups excluding carboxylic acids is 2. The zero-order valence-electron chi connectivity index (χ0n) is 14.7. The lowest BCUT2D eigenvalue weighted by Gasteiger charge is -2.29. The maximum Gasteiger partial charge on any atom is 0.261 e. The first kappa shape index (κ1) is 17.1. The fourth-order valence-corrected chi connectivity index (χ4v) is 3.18. The summed E-state index contributed by atoms with van der Waals surface area (Å²) in [5.74, 6) is -0.502. The van der Waals surface area contributed by atoms with Crippen molar-refractivity contribution in [2.24, 2.45) is 5.41 Å². The van der Waals surface area contributed by atoms with Crippen molar-refractivity contribution in [2.75, 3.05) is 0 Å². The minimum absolute atomic E-state index is 0.0149. The maximum atomic E-state index is 12.4. The van der Waals surface area contributed by atoms with E-state index in [-0.39, 0.29) is 16.8 Å². The van der Waals surface area contributed by atoms with E-state index in [2.05, 4.69) is 10.3 Å². The normalized spacial score (nSPS) is 15.6. The molecular weight excluding hydrogens is 316 g/mol. The molecule has 0 aliphatic heterocycles. The van der Waals surface area contributed by atoms with Gasteiger partial charge >= 0.3 is 0 Å². The average molecular weight is 338 g/mol. The number of hydrogen-bond donors (Lipinski definition) is 2. The molecular formula is C20H22N2O3. The summed E-state index contributed by atoms with van der Waals surface area (Å²) >= 11 is 0. The Morgan fingerprint density at radius 2 is 1.84 bits per heavy atom. The highest BCUT2D eigenvalue weighted by molar-refractivity contribution is 6.02. The first-order valence-corrected chi connectivity index (χ1v) is 8.38. The molecule has 1 heterocycles. The zero-order chi connectivity index (χ0) is 18.2. The van der Waals surface area contributed by atoms with Crippen molar-refractivity contribution in [1.29, 1.82) is 0 Å². The van der Waals surface area contributed by atoms with Crippen LogP contribution >= 0.6 is 0 Å². The third kappa shape index (κ3) is 3.71. The van der Waals surface area contributed by atoms with Crippen LogP contribution in [0.25, 0.3) is 0 Å². The second-order valence-electron chi connectivity index (χ2n) is 7.51. The molecule has 130 valence electrons. The Morgan fingerprint density at radius 3 is 2.52 bits per heavy atom. The van der Waals surface area contributed by atoms with E-state index in [4.69, 9.17) is 0 Å². The lowest BCUT2D eigenvalue weighted by atomic mass is 9.75. The van der Waals surface area contributed by atoms with Gasteiger partial charge in [-0.2, -0.15) is 0 Å². The number of rotatable bonds is 3. The molecule has 0 spiro atoms. The van der Waals surface area contributed by atoms with Crippen LogP contribution in [0.4, 0.5) is 0 Å². The van der Waals surface area contributed by atoms with Crippen molar-refractivity contribution in [3.63, 3.8) is 0 Å². The smallest absolute Gasteiger partial charge is 0.261 e. The number of benzene rings is 1. The van der Waals surface area contributed by atoms with Crippen LogP contribution in [-0.4, -0.2) is 16.7 Å². The summed E-state index contributed by atoms with van der Waals surface area (Å²) in [5.41, 5.74) is 2.53. The van der Waals surface area contributed by atoms with Gasteiger partial charge in [0.1, 0.15) is 5.56 Å². The predicted molar refractivity (Wildman–Crippen MR) is 95.8 cm³/mol. The molecule has 1 amide bonds. The number of aromatic nitrogens is 1. The van der Waals surface area contributed by atoms with Gasteiger partial charge in [0.25, 0.3) is 11.5 Å². The Morgan fingerprint density at radius 1 is 1.16 bits per heavy atom. The van der Waals surface area contributed by atoms with E-state index in [9.17, 15) is 14.4 Å². The molecule has 0 radical (unpaired) electrons. The molecule has 2 aromatic rings. The number of hydrogen-bond acceptors (Lipinski definition) is 3. The summed E-state index contributed by atoms with van der Waals surface area (Å²) in [4.78, 5) is 39.7. The van der Waals surface area contributed by atoms with Crippen LogP contribution in [-0.2, 0) is 13.0 Å². The van der Waals surface area contributed by atoms with Crippen molar-refractivity contribution in [3.8, 4) is 0 Å². The summed E-state index contributed by atoms with van der Waals surface area (Å²) in [7, 11) is 0. The number of ketones is 1. The van der Waals surface area contributed by atoms with Crippen LogP contribution in [0, 0.1) is 12.3 Å². The molecule has 0 atom stereocenters. The minimum Gasteiger partial charge on any atom is -0.348 e. The summed E-state index contributed by atoms with van der Waals surface area (Å²) < 4.78 is 0. The standard InChI is InChI=1S/C20H22N2O3/c1-12-4-6-13(7-5-12)11-21-18(24)15-8-14-16(22-19(15)25)9-20(2,3)10-17(14)23/h4-8H,9-11H2,1-3H3,(H,21,24)(H,22,25). The predicted octanol–water partition coefficient (Wildman–Crippen LogP) is 2.77. The van der Waals surface area contributed by atoms with Gasteiger partial charge in [0.2, 0.25) is 0 Å². The largest absolute Gasteiger partial charge is 0.348 e. The highest BCUT2D eigenvalue weighted by atomic mass is 16.2. The van der Waals surface area contributed by atoms with Gasteiger partial charge in [-0.25, -0.2) is 0 Å². The topological polar surface area (TPSA) is 79.0 Å². The van der Waals surface area contributed by atoms with E-state index < -0.39 is 11.5 Å². The Balaban J connectivity index is 1.82. The lowest BCUT2D eigenvalue weighted by molar-refractivity contribution is 0.0910. The van der Waals surface area contributed by atoms with Gasteiger partial charge in [-0.1, -0.05) is 43.7 Å². The number of carbonyl (C=O) groups is 2. The molecule has 1 aromatic heterocycles. The van der Waals surface area contributed by atoms with Gasteiger partial charge < -0.3 is 10.3 Å². The molecule has 1 aliphatic rings. The van der Waals surface area contributed by atoms with E-state index in [1.54, 1.807) is 0 Å². The van der Waals surface area contributed by atoms with Gasteiger partial charge in [-0.15, -0.1) is 0 Å². The molecule has 3 rings (SSSR count). The molecule has 1 aromatic carbocycles. The maximum absolute atomic E-state index is 12.4. The van der Waals surface area contributed by atoms with Crippen molar-refractivity contribution in [2.45, 2.75) is 40.2 Å². The molecule has 0 saturated heterocycles. The molecule has 0 fully saturated rings. The number of Topliss-reactive ketones (excluding diaryl/α,β-unsaturated/α-hetero) is 1. The van der Waals surface area contributed by atoms with Crippen molar-refractivity contribution in [3.05, 3.63) is 68.6 Å². The number of aryl methyl sites for hydroxylation is 1. The molecule has 0 saturated carbocycles. The van der Waals surface area contributed by atoms with Crippen LogP contribution < -0.4 is 10.9 Å². The van der Waals surface area contributed by atoms with Crippen molar-refractivity contribution in [1.82, 2.24) is 10.3 Å². The molecule has 1 aliphatic carbocycles. The van der Waals surface area contributed by atoms with Gasteiger partial charge in [-0.05, 0) is 30.4 Å². The number of nitrogens with one attached hydrogen (secondary N) is 2. The molecule has 0 unspecified atom stereocenters. The number of aromatic amines is 1. The summed E-state index contributed by atoms with van der Waals surface area (Å²) in [5, 5.41) is 2.74. The van der Waals surface area contributed by atoms with E-state index >= 15 is 0 Å². The van der Waals surface area contributed by atoms with Crippen molar-refractivity contribution < 1.29 is 9.59 Å². The first-order valence-electron chi connectivity index (χ1n) is 8.38. The van der Waals surface area contributed by atoms with Gasteiger partial charge in [0.05, 0.1) is 0 Å². The monoisotopic (exact) mass is 338 g/mol. The van der Waals surface area contributed by atoms with Gasteiger partial charge in [0.15, 0.2) is 5.78 Å². The van der Waals surface area contributed by atoms with Crippen LogP contribution in [0.2, 0.25) is 0 Å². The van der Waals surface area contributed by atoms with Crippen LogP contribution in [0.1, 0.15) is 57.8 Å². The van der Waals surface area contributed by atoms with Crippen LogP contribution in [0.5, 0.6) is 0 Å².